The first-order chi connectivity index (χ1) is 10.8. The summed E-state index contributed by atoms with van der Waals surface area (Å²) in [5.74, 6) is 0.884. The van der Waals surface area contributed by atoms with Gasteiger partial charge in [0.05, 0.1) is 6.61 Å². The van der Waals surface area contributed by atoms with Crippen LogP contribution in [0.1, 0.15) is 37.7 Å². The van der Waals surface area contributed by atoms with Crippen LogP contribution in [-0.2, 0) is 16.1 Å². The normalized spacial score (nSPS) is 17.5. The third-order valence-electron chi connectivity index (χ3n) is 4.09. The molecule has 1 aliphatic rings. The number of hydrogen-bond donors (Lipinski definition) is 2. The van der Waals surface area contributed by atoms with E-state index in [2.05, 4.69) is 22.8 Å². The van der Waals surface area contributed by atoms with E-state index in [9.17, 15) is 4.79 Å². The summed E-state index contributed by atoms with van der Waals surface area (Å²) in [7, 11) is 0. The first kappa shape index (κ1) is 17.0. The summed E-state index contributed by atoms with van der Waals surface area (Å²) in [4.78, 5) is 11.7. The van der Waals surface area contributed by atoms with Crippen LogP contribution in [0.4, 0.5) is 0 Å². The molecule has 22 heavy (non-hydrogen) atoms. The number of rotatable bonds is 10. The van der Waals surface area contributed by atoms with Gasteiger partial charge >= 0.3 is 0 Å². The Kier molecular flexibility index (Phi) is 7.99. The van der Waals surface area contributed by atoms with E-state index in [1.165, 1.54) is 12.0 Å². The van der Waals surface area contributed by atoms with Crippen LogP contribution in [0.15, 0.2) is 30.3 Å². The van der Waals surface area contributed by atoms with Crippen molar-refractivity contribution in [1.29, 1.82) is 0 Å². The molecule has 4 heteroatoms. The molecule has 1 aromatic carbocycles. The van der Waals surface area contributed by atoms with Crippen molar-refractivity contribution in [3.05, 3.63) is 35.9 Å². The fourth-order valence-corrected chi connectivity index (χ4v) is 2.71. The maximum absolute atomic E-state index is 11.7. The monoisotopic (exact) mass is 304 g/mol. The summed E-state index contributed by atoms with van der Waals surface area (Å²) in [5, 5.41) is 6.33. The van der Waals surface area contributed by atoms with Crippen LogP contribution >= 0.6 is 0 Å². The molecule has 0 saturated carbocycles. The highest BCUT2D eigenvalue weighted by atomic mass is 16.5. The third kappa shape index (κ3) is 7.05. The minimum atomic E-state index is 0.192. The summed E-state index contributed by atoms with van der Waals surface area (Å²) in [5.41, 5.74) is 1.21. The van der Waals surface area contributed by atoms with Crippen molar-refractivity contribution in [1.82, 2.24) is 10.6 Å². The Morgan fingerprint density at radius 1 is 1.27 bits per heavy atom. The second kappa shape index (κ2) is 10.4. The van der Waals surface area contributed by atoms with Gasteiger partial charge in [-0.15, -0.1) is 0 Å². The van der Waals surface area contributed by atoms with E-state index in [0.29, 0.717) is 18.9 Å². The lowest BCUT2D eigenvalue weighted by Crippen LogP contribution is -2.25. The van der Waals surface area contributed by atoms with E-state index in [0.717, 1.165) is 45.5 Å². The molecular weight excluding hydrogens is 276 g/mol. The highest BCUT2D eigenvalue weighted by Gasteiger charge is 2.15. The molecule has 1 aromatic rings. The quantitative estimate of drug-likeness (QED) is 0.653. The topological polar surface area (TPSA) is 50.4 Å². The number of amides is 1. The van der Waals surface area contributed by atoms with Gasteiger partial charge in [-0.05, 0) is 50.3 Å². The van der Waals surface area contributed by atoms with Crippen molar-refractivity contribution in [3.63, 3.8) is 0 Å². The van der Waals surface area contributed by atoms with Crippen LogP contribution in [-0.4, -0.2) is 32.1 Å². The van der Waals surface area contributed by atoms with Crippen LogP contribution < -0.4 is 10.6 Å². The van der Waals surface area contributed by atoms with Crippen LogP contribution in [0.25, 0.3) is 0 Å². The average molecular weight is 304 g/mol. The first-order valence-corrected chi connectivity index (χ1v) is 8.43. The summed E-state index contributed by atoms with van der Waals surface area (Å²) >= 11 is 0. The minimum Gasteiger partial charge on any atom is -0.377 e. The second-order valence-electron chi connectivity index (χ2n) is 5.99. The van der Waals surface area contributed by atoms with E-state index in [1.807, 2.05) is 18.2 Å². The molecule has 1 atom stereocenters. The molecular formula is C18H28N2O2. The fraction of sp³-hybridized carbons (Fsp3) is 0.611. The highest BCUT2D eigenvalue weighted by Crippen LogP contribution is 2.13. The van der Waals surface area contributed by atoms with E-state index in [4.69, 9.17) is 4.74 Å². The molecule has 1 heterocycles. The molecule has 1 fully saturated rings. The molecule has 1 amide bonds. The maximum Gasteiger partial charge on any atom is 0.220 e. The predicted octanol–water partition coefficient (Wildman–Crippen LogP) is 2.49. The predicted molar refractivity (Wildman–Crippen MR) is 88.6 cm³/mol. The van der Waals surface area contributed by atoms with Crippen LogP contribution in [0.2, 0.25) is 0 Å². The molecule has 1 saturated heterocycles. The first-order valence-electron chi connectivity index (χ1n) is 8.43. The second-order valence-corrected chi connectivity index (χ2v) is 5.99. The molecule has 0 bridgehead atoms. The Labute approximate surface area is 133 Å². The van der Waals surface area contributed by atoms with E-state index in [1.54, 1.807) is 0 Å². The van der Waals surface area contributed by atoms with Crippen molar-refractivity contribution in [2.45, 2.75) is 38.7 Å². The number of carbonyl (C=O) groups excluding carboxylic acids is 1. The number of nitrogens with one attached hydrogen (secondary N) is 2. The lowest BCUT2D eigenvalue weighted by Gasteiger charge is -2.09. The Morgan fingerprint density at radius 3 is 2.91 bits per heavy atom. The zero-order valence-corrected chi connectivity index (χ0v) is 13.4. The smallest absolute Gasteiger partial charge is 0.220 e. The molecule has 1 aliphatic heterocycles. The zero-order chi connectivity index (χ0) is 15.5. The minimum absolute atomic E-state index is 0.192. The zero-order valence-electron chi connectivity index (χ0n) is 13.4. The highest BCUT2D eigenvalue weighted by molar-refractivity contribution is 5.75. The van der Waals surface area contributed by atoms with Crippen LogP contribution in [0.3, 0.4) is 0 Å². The van der Waals surface area contributed by atoms with Crippen LogP contribution in [0.5, 0.6) is 0 Å². The number of benzene rings is 1. The Morgan fingerprint density at radius 2 is 2.14 bits per heavy atom. The van der Waals surface area contributed by atoms with Gasteiger partial charge in [0.1, 0.15) is 0 Å². The lowest BCUT2D eigenvalue weighted by molar-refractivity contribution is -0.121. The van der Waals surface area contributed by atoms with Gasteiger partial charge in [0, 0.05) is 19.6 Å². The molecule has 2 rings (SSSR count). The number of ether oxygens (including phenoxy) is 1. The average Bonchev–Trinajstić information content (AvgIpc) is 3.06. The van der Waals surface area contributed by atoms with Crippen molar-refractivity contribution >= 4 is 5.91 Å². The fourth-order valence-electron chi connectivity index (χ4n) is 2.71. The van der Waals surface area contributed by atoms with Gasteiger partial charge in [0.15, 0.2) is 0 Å². The van der Waals surface area contributed by atoms with E-state index < -0.39 is 0 Å². The lowest BCUT2D eigenvalue weighted by atomic mass is 10.0. The summed E-state index contributed by atoms with van der Waals surface area (Å²) in [6.45, 7) is 4.36. The molecule has 0 aromatic heterocycles. The van der Waals surface area contributed by atoms with Crippen molar-refractivity contribution in [2.24, 2.45) is 5.92 Å². The van der Waals surface area contributed by atoms with E-state index in [-0.39, 0.29) is 5.91 Å². The number of unbranched alkanes of at least 4 members (excludes halogenated alkanes) is 1. The Hall–Kier alpha value is -1.39. The van der Waals surface area contributed by atoms with Gasteiger partial charge in [-0.25, -0.2) is 0 Å². The molecule has 122 valence electrons. The standard InChI is InChI=1S/C18H28N2O2/c21-18(9-8-16-10-12-19-14-16)20-11-4-5-13-22-15-17-6-2-1-3-7-17/h1-3,6-7,16,19H,4-5,8-15H2,(H,20,21). The maximum atomic E-state index is 11.7. The van der Waals surface area contributed by atoms with Gasteiger partial charge < -0.3 is 15.4 Å². The molecule has 4 nitrogen and oxygen atoms in total. The molecule has 0 aliphatic carbocycles. The number of carbonyl (C=O) groups is 1. The molecule has 0 radical (unpaired) electrons. The van der Waals surface area contributed by atoms with Gasteiger partial charge in [-0.1, -0.05) is 30.3 Å². The van der Waals surface area contributed by atoms with Gasteiger partial charge in [-0.2, -0.15) is 0 Å². The van der Waals surface area contributed by atoms with Gasteiger partial charge in [0.25, 0.3) is 0 Å². The summed E-state index contributed by atoms with van der Waals surface area (Å²) < 4.78 is 5.62. The number of hydrogen-bond acceptors (Lipinski definition) is 3. The van der Waals surface area contributed by atoms with Crippen molar-refractivity contribution in [2.75, 3.05) is 26.2 Å². The molecule has 2 N–H and O–H groups in total. The van der Waals surface area contributed by atoms with Gasteiger partial charge in [0.2, 0.25) is 5.91 Å². The third-order valence-corrected chi connectivity index (χ3v) is 4.09. The van der Waals surface area contributed by atoms with Crippen molar-refractivity contribution < 1.29 is 9.53 Å². The van der Waals surface area contributed by atoms with Gasteiger partial charge in [-0.3, -0.25) is 4.79 Å². The summed E-state index contributed by atoms with van der Waals surface area (Å²) in [6.07, 6.45) is 4.85. The Bertz CT molecular complexity index is 416. The van der Waals surface area contributed by atoms with Crippen LogP contribution in [0, 0.1) is 5.92 Å². The Balaban J connectivity index is 1.39. The SMILES string of the molecule is O=C(CCC1CCNC1)NCCCCOCc1ccccc1. The van der Waals surface area contributed by atoms with Crippen molar-refractivity contribution in [3.8, 4) is 0 Å². The summed E-state index contributed by atoms with van der Waals surface area (Å²) in [6, 6.07) is 10.2. The van der Waals surface area contributed by atoms with E-state index >= 15 is 0 Å². The largest absolute Gasteiger partial charge is 0.377 e. The molecule has 0 spiro atoms. The molecule has 1 unspecified atom stereocenters.